The van der Waals surface area contributed by atoms with Gasteiger partial charge >= 0.3 is 6.01 Å². The molecular weight excluding hydrogens is 248 g/mol. The van der Waals surface area contributed by atoms with Crippen molar-refractivity contribution in [2.45, 2.75) is 39.3 Å². The molecule has 0 amide bonds. The molecule has 0 aromatic carbocycles. The molecule has 0 unspecified atom stereocenters. The van der Waals surface area contributed by atoms with E-state index in [-0.39, 0.29) is 0 Å². The fourth-order valence-corrected chi connectivity index (χ4v) is 3.07. The predicted octanol–water partition coefficient (Wildman–Crippen LogP) is 2.12. The van der Waals surface area contributed by atoms with Crippen LogP contribution in [0.15, 0.2) is 4.42 Å². The summed E-state index contributed by atoms with van der Waals surface area (Å²) in [6.07, 6.45) is 2.57. The SMILES string of the molecule is CC(C)NCc1nnc(NCC2CCSCC2)o1. The highest BCUT2D eigenvalue weighted by Gasteiger charge is 2.14. The Morgan fingerprint density at radius 2 is 2.11 bits per heavy atom. The number of nitrogens with zero attached hydrogens (tertiary/aromatic N) is 2. The van der Waals surface area contributed by atoms with Gasteiger partial charge < -0.3 is 15.1 Å². The van der Waals surface area contributed by atoms with E-state index in [1.165, 1.54) is 24.3 Å². The molecule has 0 spiro atoms. The smallest absolute Gasteiger partial charge is 0.315 e. The lowest BCUT2D eigenvalue weighted by Gasteiger charge is -2.20. The topological polar surface area (TPSA) is 63.0 Å². The van der Waals surface area contributed by atoms with Crippen LogP contribution in [0.25, 0.3) is 0 Å². The van der Waals surface area contributed by atoms with Crippen molar-refractivity contribution in [3.8, 4) is 0 Å². The summed E-state index contributed by atoms with van der Waals surface area (Å²) in [6.45, 7) is 5.76. The van der Waals surface area contributed by atoms with Gasteiger partial charge in [0.2, 0.25) is 5.89 Å². The summed E-state index contributed by atoms with van der Waals surface area (Å²) >= 11 is 2.05. The van der Waals surface area contributed by atoms with Crippen LogP contribution < -0.4 is 10.6 Å². The molecule has 102 valence electrons. The first-order valence-electron chi connectivity index (χ1n) is 6.61. The zero-order valence-electron chi connectivity index (χ0n) is 11.1. The quantitative estimate of drug-likeness (QED) is 0.825. The van der Waals surface area contributed by atoms with Crippen LogP contribution in [0, 0.1) is 5.92 Å². The van der Waals surface area contributed by atoms with Gasteiger partial charge in [0.05, 0.1) is 6.54 Å². The van der Waals surface area contributed by atoms with Gasteiger partial charge in [-0.05, 0) is 30.3 Å². The molecule has 0 bridgehead atoms. The van der Waals surface area contributed by atoms with Gasteiger partial charge in [-0.15, -0.1) is 5.10 Å². The van der Waals surface area contributed by atoms with Crippen LogP contribution in [0.3, 0.4) is 0 Å². The standard InChI is InChI=1S/C12H22N4OS/c1-9(2)13-8-11-15-16-12(17-11)14-7-10-3-5-18-6-4-10/h9-10,13H,3-8H2,1-2H3,(H,14,16). The third kappa shape index (κ3) is 4.49. The van der Waals surface area contributed by atoms with Gasteiger partial charge in [0.1, 0.15) is 0 Å². The minimum atomic E-state index is 0.424. The molecule has 1 aliphatic heterocycles. The molecule has 18 heavy (non-hydrogen) atoms. The summed E-state index contributed by atoms with van der Waals surface area (Å²) in [5, 5.41) is 14.5. The van der Waals surface area contributed by atoms with E-state index in [0.717, 1.165) is 12.5 Å². The van der Waals surface area contributed by atoms with Crippen LogP contribution in [0.1, 0.15) is 32.6 Å². The molecule has 0 atom stereocenters. The van der Waals surface area contributed by atoms with Gasteiger partial charge in [0, 0.05) is 12.6 Å². The van der Waals surface area contributed by atoms with E-state index in [1.807, 2.05) is 11.8 Å². The lowest BCUT2D eigenvalue weighted by molar-refractivity contribution is 0.451. The first-order chi connectivity index (χ1) is 8.74. The van der Waals surface area contributed by atoms with E-state index in [4.69, 9.17) is 4.42 Å². The molecule has 1 fully saturated rings. The summed E-state index contributed by atoms with van der Waals surface area (Å²) < 4.78 is 5.52. The maximum Gasteiger partial charge on any atom is 0.315 e. The number of hydrogen-bond acceptors (Lipinski definition) is 6. The zero-order chi connectivity index (χ0) is 12.8. The number of anilines is 1. The summed E-state index contributed by atoms with van der Waals surface area (Å²) in [5.74, 6) is 3.94. The van der Waals surface area contributed by atoms with Crippen molar-refractivity contribution in [1.29, 1.82) is 0 Å². The van der Waals surface area contributed by atoms with Crippen molar-refractivity contribution in [1.82, 2.24) is 15.5 Å². The monoisotopic (exact) mass is 270 g/mol. The van der Waals surface area contributed by atoms with E-state index in [1.54, 1.807) is 0 Å². The van der Waals surface area contributed by atoms with Crippen molar-refractivity contribution in [2.75, 3.05) is 23.4 Å². The molecule has 1 saturated heterocycles. The Kier molecular flexibility index (Phi) is 5.31. The van der Waals surface area contributed by atoms with E-state index >= 15 is 0 Å². The Morgan fingerprint density at radius 1 is 1.33 bits per heavy atom. The van der Waals surface area contributed by atoms with Gasteiger partial charge in [0.15, 0.2) is 0 Å². The second kappa shape index (κ2) is 6.99. The second-order valence-corrected chi connectivity index (χ2v) is 6.20. The van der Waals surface area contributed by atoms with Gasteiger partial charge in [-0.1, -0.05) is 18.9 Å². The Labute approximate surface area is 112 Å². The Balaban J connectivity index is 1.72. The lowest BCUT2D eigenvalue weighted by Crippen LogP contribution is -2.21. The van der Waals surface area contributed by atoms with E-state index in [0.29, 0.717) is 24.5 Å². The van der Waals surface area contributed by atoms with Crippen LogP contribution in [0.4, 0.5) is 6.01 Å². The van der Waals surface area contributed by atoms with E-state index in [2.05, 4.69) is 34.7 Å². The molecule has 0 radical (unpaired) electrons. The molecular formula is C12H22N4OS. The van der Waals surface area contributed by atoms with Crippen LogP contribution in [0.5, 0.6) is 0 Å². The van der Waals surface area contributed by atoms with E-state index in [9.17, 15) is 0 Å². The normalized spacial score (nSPS) is 17.3. The van der Waals surface area contributed by atoms with Crippen molar-refractivity contribution in [3.05, 3.63) is 5.89 Å². The molecule has 0 aliphatic carbocycles. The molecule has 2 heterocycles. The Morgan fingerprint density at radius 3 is 2.83 bits per heavy atom. The fraction of sp³-hybridized carbons (Fsp3) is 0.833. The number of aromatic nitrogens is 2. The molecule has 1 aromatic rings. The largest absolute Gasteiger partial charge is 0.407 e. The number of hydrogen-bond donors (Lipinski definition) is 2. The molecule has 5 nitrogen and oxygen atoms in total. The molecule has 2 N–H and O–H groups in total. The summed E-state index contributed by atoms with van der Waals surface area (Å²) in [4.78, 5) is 0. The minimum absolute atomic E-state index is 0.424. The predicted molar refractivity (Wildman–Crippen MR) is 74.8 cm³/mol. The fourth-order valence-electron chi connectivity index (χ4n) is 1.87. The molecule has 6 heteroatoms. The number of rotatable bonds is 6. The highest BCUT2D eigenvalue weighted by atomic mass is 32.2. The average molecular weight is 270 g/mol. The Bertz CT molecular complexity index is 350. The lowest BCUT2D eigenvalue weighted by atomic mass is 10.0. The third-order valence-electron chi connectivity index (χ3n) is 3.01. The summed E-state index contributed by atoms with van der Waals surface area (Å²) in [6, 6.07) is 0.974. The first kappa shape index (κ1) is 13.7. The van der Waals surface area contributed by atoms with Crippen molar-refractivity contribution in [3.63, 3.8) is 0 Å². The van der Waals surface area contributed by atoms with Gasteiger partial charge in [-0.3, -0.25) is 0 Å². The number of nitrogens with one attached hydrogen (secondary N) is 2. The highest BCUT2D eigenvalue weighted by Crippen LogP contribution is 2.22. The van der Waals surface area contributed by atoms with Crippen LogP contribution in [0.2, 0.25) is 0 Å². The van der Waals surface area contributed by atoms with Crippen LogP contribution in [-0.2, 0) is 6.54 Å². The summed E-state index contributed by atoms with van der Waals surface area (Å²) in [7, 11) is 0. The zero-order valence-corrected chi connectivity index (χ0v) is 11.9. The maximum absolute atomic E-state index is 5.52. The van der Waals surface area contributed by atoms with Crippen molar-refractivity contribution in [2.24, 2.45) is 5.92 Å². The Hall–Kier alpha value is -0.750. The van der Waals surface area contributed by atoms with Gasteiger partial charge in [0.25, 0.3) is 0 Å². The van der Waals surface area contributed by atoms with Gasteiger partial charge in [-0.25, -0.2) is 0 Å². The molecule has 0 saturated carbocycles. The summed E-state index contributed by atoms with van der Waals surface area (Å²) in [5.41, 5.74) is 0. The minimum Gasteiger partial charge on any atom is -0.407 e. The third-order valence-corrected chi connectivity index (χ3v) is 4.06. The molecule has 1 aliphatic rings. The van der Waals surface area contributed by atoms with Crippen LogP contribution in [-0.4, -0.2) is 34.3 Å². The first-order valence-corrected chi connectivity index (χ1v) is 7.77. The average Bonchev–Trinajstić information content (AvgIpc) is 2.83. The molecule has 2 rings (SSSR count). The molecule has 1 aromatic heterocycles. The van der Waals surface area contributed by atoms with Crippen molar-refractivity contribution >= 4 is 17.8 Å². The highest BCUT2D eigenvalue weighted by molar-refractivity contribution is 7.99. The van der Waals surface area contributed by atoms with Crippen LogP contribution >= 0.6 is 11.8 Å². The maximum atomic E-state index is 5.52. The van der Waals surface area contributed by atoms with Crippen molar-refractivity contribution < 1.29 is 4.42 Å². The second-order valence-electron chi connectivity index (χ2n) is 4.97. The van der Waals surface area contributed by atoms with E-state index < -0.39 is 0 Å². The number of thioether (sulfide) groups is 1. The van der Waals surface area contributed by atoms with Gasteiger partial charge in [-0.2, -0.15) is 11.8 Å².